The SMILES string of the molecule is CNS(=O)(=O)c1ccc(F)c(C(=O)N(Cc2ccccc2)C(C)CN2CCOCC2)c1. The van der Waals surface area contributed by atoms with Crippen LogP contribution in [0.4, 0.5) is 4.39 Å². The van der Waals surface area contributed by atoms with Crippen LogP contribution in [-0.4, -0.2) is 70.1 Å². The van der Waals surface area contributed by atoms with Gasteiger partial charge in [-0.3, -0.25) is 9.69 Å². The molecule has 1 aliphatic rings. The van der Waals surface area contributed by atoms with E-state index in [9.17, 15) is 17.6 Å². The molecule has 1 aliphatic heterocycles. The smallest absolute Gasteiger partial charge is 0.257 e. The average molecular weight is 450 g/mol. The van der Waals surface area contributed by atoms with Crippen LogP contribution in [0.5, 0.6) is 0 Å². The van der Waals surface area contributed by atoms with Crippen LogP contribution in [0, 0.1) is 5.82 Å². The zero-order valence-electron chi connectivity index (χ0n) is 17.8. The summed E-state index contributed by atoms with van der Waals surface area (Å²) in [5.41, 5.74) is 0.644. The van der Waals surface area contributed by atoms with Crippen LogP contribution in [0.1, 0.15) is 22.8 Å². The van der Waals surface area contributed by atoms with Crippen LogP contribution in [0.3, 0.4) is 0 Å². The topological polar surface area (TPSA) is 79.0 Å². The normalized spacial score (nSPS) is 16.1. The molecule has 0 saturated carbocycles. The standard InChI is InChI=1S/C22H28FN3O4S/c1-17(15-25-10-12-30-13-11-25)26(16-18-6-4-3-5-7-18)22(27)20-14-19(8-9-21(20)23)31(28,29)24-2/h3-9,14,17,24H,10-13,15-16H2,1-2H3. The average Bonchev–Trinajstić information content (AvgIpc) is 2.78. The molecule has 1 atom stereocenters. The van der Waals surface area contributed by atoms with Crippen molar-refractivity contribution in [2.75, 3.05) is 39.9 Å². The quantitative estimate of drug-likeness (QED) is 0.668. The van der Waals surface area contributed by atoms with Crippen molar-refractivity contribution in [3.8, 4) is 0 Å². The van der Waals surface area contributed by atoms with E-state index in [-0.39, 0.29) is 23.0 Å². The van der Waals surface area contributed by atoms with E-state index in [4.69, 9.17) is 4.74 Å². The summed E-state index contributed by atoms with van der Waals surface area (Å²) in [4.78, 5) is 17.1. The third kappa shape index (κ3) is 5.88. The molecule has 0 spiro atoms. The van der Waals surface area contributed by atoms with Crippen LogP contribution >= 0.6 is 0 Å². The number of ether oxygens (including phenoxy) is 1. The fourth-order valence-electron chi connectivity index (χ4n) is 3.57. The second kappa shape index (κ2) is 10.3. The summed E-state index contributed by atoms with van der Waals surface area (Å²) >= 11 is 0. The van der Waals surface area contributed by atoms with Crippen LogP contribution in [0.25, 0.3) is 0 Å². The molecule has 2 aromatic rings. The molecular weight excluding hydrogens is 421 g/mol. The Balaban J connectivity index is 1.92. The Kier molecular flexibility index (Phi) is 7.77. The summed E-state index contributed by atoms with van der Waals surface area (Å²) in [7, 11) is -2.54. The molecule has 0 aliphatic carbocycles. The highest BCUT2D eigenvalue weighted by molar-refractivity contribution is 7.89. The highest BCUT2D eigenvalue weighted by Gasteiger charge is 2.27. The summed E-state index contributed by atoms with van der Waals surface area (Å²) in [6.45, 7) is 5.62. The van der Waals surface area contributed by atoms with Crippen molar-refractivity contribution < 1.29 is 22.3 Å². The Morgan fingerprint density at radius 3 is 2.52 bits per heavy atom. The summed E-state index contributed by atoms with van der Waals surface area (Å²) in [5, 5.41) is 0. The van der Waals surface area contributed by atoms with E-state index in [0.717, 1.165) is 36.9 Å². The van der Waals surface area contributed by atoms with Crippen molar-refractivity contribution in [2.24, 2.45) is 0 Å². The first-order valence-corrected chi connectivity index (χ1v) is 11.7. The van der Waals surface area contributed by atoms with E-state index in [2.05, 4.69) is 9.62 Å². The number of benzene rings is 2. The molecule has 0 bridgehead atoms. The fourth-order valence-corrected chi connectivity index (χ4v) is 4.33. The number of halogens is 1. The molecule has 1 N–H and O–H groups in total. The zero-order chi connectivity index (χ0) is 22.4. The number of morpholine rings is 1. The Hall–Kier alpha value is -2.33. The number of nitrogens with one attached hydrogen (secondary N) is 1. The number of carbonyl (C=O) groups excluding carboxylic acids is 1. The van der Waals surface area contributed by atoms with Gasteiger partial charge in [0.05, 0.1) is 23.7 Å². The predicted octanol–water partition coefficient (Wildman–Crippen LogP) is 2.10. The third-order valence-corrected chi connectivity index (χ3v) is 6.77. The van der Waals surface area contributed by atoms with Crippen LogP contribution in [0.15, 0.2) is 53.4 Å². The summed E-state index contributed by atoms with van der Waals surface area (Å²) in [6.07, 6.45) is 0. The maximum atomic E-state index is 14.6. The number of hydrogen-bond donors (Lipinski definition) is 1. The van der Waals surface area contributed by atoms with Crippen LogP contribution in [0.2, 0.25) is 0 Å². The molecule has 7 nitrogen and oxygen atoms in total. The van der Waals surface area contributed by atoms with Crippen LogP contribution in [-0.2, 0) is 21.3 Å². The lowest BCUT2D eigenvalue weighted by molar-refractivity contribution is 0.0227. The van der Waals surface area contributed by atoms with Gasteiger partial charge in [0.25, 0.3) is 5.91 Å². The summed E-state index contributed by atoms with van der Waals surface area (Å²) in [5.74, 6) is -1.30. The lowest BCUT2D eigenvalue weighted by Gasteiger charge is -2.35. The van der Waals surface area contributed by atoms with E-state index < -0.39 is 21.7 Å². The second-order valence-corrected chi connectivity index (χ2v) is 9.42. The highest BCUT2D eigenvalue weighted by atomic mass is 32.2. The molecule has 168 valence electrons. The Bertz CT molecular complexity index is 995. The van der Waals surface area contributed by atoms with Crippen molar-refractivity contribution in [3.05, 3.63) is 65.5 Å². The van der Waals surface area contributed by atoms with Crippen molar-refractivity contribution in [3.63, 3.8) is 0 Å². The first-order chi connectivity index (χ1) is 14.8. The van der Waals surface area contributed by atoms with Gasteiger partial charge in [-0.25, -0.2) is 17.5 Å². The molecule has 31 heavy (non-hydrogen) atoms. The molecule has 1 fully saturated rings. The van der Waals surface area contributed by atoms with Gasteiger partial charge in [0.15, 0.2) is 0 Å². The van der Waals surface area contributed by atoms with Gasteiger partial charge < -0.3 is 9.64 Å². The maximum Gasteiger partial charge on any atom is 0.257 e. The first kappa shape index (κ1) is 23.3. The summed E-state index contributed by atoms with van der Waals surface area (Å²) in [6, 6.07) is 12.5. The third-order valence-electron chi connectivity index (χ3n) is 5.36. The monoisotopic (exact) mass is 449 g/mol. The Morgan fingerprint density at radius 2 is 1.87 bits per heavy atom. The first-order valence-electron chi connectivity index (χ1n) is 10.2. The zero-order valence-corrected chi connectivity index (χ0v) is 18.6. The van der Waals surface area contributed by atoms with Gasteiger partial charge >= 0.3 is 0 Å². The van der Waals surface area contributed by atoms with Gasteiger partial charge in [0.1, 0.15) is 5.82 Å². The lowest BCUT2D eigenvalue weighted by atomic mass is 10.1. The van der Waals surface area contributed by atoms with Gasteiger partial charge in [0.2, 0.25) is 10.0 Å². The van der Waals surface area contributed by atoms with E-state index in [0.29, 0.717) is 19.8 Å². The van der Waals surface area contributed by atoms with Crippen molar-refractivity contribution in [2.45, 2.75) is 24.4 Å². The van der Waals surface area contributed by atoms with Gasteiger partial charge in [0, 0.05) is 32.2 Å². The van der Waals surface area contributed by atoms with Gasteiger partial charge in [-0.1, -0.05) is 30.3 Å². The van der Waals surface area contributed by atoms with Crippen LogP contribution < -0.4 is 4.72 Å². The molecule has 2 aromatic carbocycles. The molecule has 1 unspecified atom stereocenters. The molecule has 1 heterocycles. The van der Waals surface area contributed by atoms with Crippen molar-refractivity contribution >= 4 is 15.9 Å². The number of nitrogens with zero attached hydrogens (tertiary/aromatic N) is 2. The minimum Gasteiger partial charge on any atom is -0.379 e. The number of sulfonamides is 1. The molecule has 0 radical (unpaired) electrons. The lowest BCUT2D eigenvalue weighted by Crippen LogP contribution is -2.48. The summed E-state index contributed by atoms with van der Waals surface area (Å²) < 4.78 is 46.6. The molecule has 1 amide bonds. The van der Waals surface area contributed by atoms with Crippen molar-refractivity contribution in [1.29, 1.82) is 0 Å². The fraction of sp³-hybridized carbons (Fsp3) is 0.409. The minimum atomic E-state index is -3.81. The Morgan fingerprint density at radius 1 is 1.19 bits per heavy atom. The van der Waals surface area contributed by atoms with E-state index >= 15 is 0 Å². The number of rotatable bonds is 8. The second-order valence-electron chi connectivity index (χ2n) is 7.53. The largest absolute Gasteiger partial charge is 0.379 e. The molecule has 9 heteroatoms. The Labute approximate surface area is 182 Å². The number of hydrogen-bond acceptors (Lipinski definition) is 5. The molecule has 0 aromatic heterocycles. The van der Waals surface area contributed by atoms with Crippen molar-refractivity contribution in [1.82, 2.24) is 14.5 Å². The van der Waals surface area contributed by atoms with Gasteiger partial charge in [-0.2, -0.15) is 0 Å². The molecule has 3 rings (SSSR count). The van der Waals surface area contributed by atoms with E-state index in [1.165, 1.54) is 7.05 Å². The van der Waals surface area contributed by atoms with E-state index in [1.54, 1.807) is 4.90 Å². The molecule has 1 saturated heterocycles. The molecular formula is C22H28FN3O4S. The maximum absolute atomic E-state index is 14.6. The highest BCUT2D eigenvalue weighted by Crippen LogP contribution is 2.20. The van der Waals surface area contributed by atoms with Gasteiger partial charge in [-0.15, -0.1) is 0 Å². The number of amides is 1. The minimum absolute atomic E-state index is 0.153. The van der Waals surface area contributed by atoms with Gasteiger partial charge in [-0.05, 0) is 37.7 Å². The predicted molar refractivity (Wildman–Crippen MR) is 116 cm³/mol. The van der Waals surface area contributed by atoms with E-state index in [1.807, 2.05) is 37.3 Å². The number of carbonyl (C=O) groups is 1.